The van der Waals surface area contributed by atoms with Gasteiger partial charge in [-0.15, -0.1) is 0 Å². The fourth-order valence-corrected chi connectivity index (χ4v) is 6.54. The zero-order chi connectivity index (χ0) is 50.1. The van der Waals surface area contributed by atoms with Crippen LogP contribution in [-0.4, -0.2) is 13.5 Å². The van der Waals surface area contributed by atoms with Crippen LogP contribution in [-0.2, 0) is 0 Å². The molecule has 0 saturated heterocycles. The molecule has 11 rings (SSSR count). The number of benzene rings is 7. The summed E-state index contributed by atoms with van der Waals surface area (Å²) in [5.74, 6) is 0. The normalized spacial score (nSPS) is 19.9. The van der Waals surface area contributed by atoms with Crippen molar-refractivity contribution in [2.45, 2.75) is 0 Å². The maximum Gasteiger partial charge on any atom is 0.0652 e. The second-order valence-electron chi connectivity index (χ2n) is 10.3. The van der Waals surface area contributed by atoms with Gasteiger partial charge in [0.15, 0.2) is 0 Å². The van der Waals surface area contributed by atoms with Gasteiger partial charge in [-0.1, -0.05) is 90.7 Å². The lowest BCUT2D eigenvalue weighted by atomic mass is 10.1. The van der Waals surface area contributed by atoms with Crippen molar-refractivity contribution in [3.05, 3.63) is 151 Å². The van der Waals surface area contributed by atoms with Crippen molar-refractivity contribution < 1.29 is 32.9 Å². The molecule has 0 N–H and O–H groups in total. The quantitative estimate of drug-likeness (QED) is 0.189. The molecule has 3 nitrogen and oxygen atoms in total. The predicted octanol–water partition coefficient (Wildman–Crippen LogP) is 11.0. The minimum atomic E-state index is -0.870. The summed E-state index contributed by atoms with van der Waals surface area (Å²) < 4.78 is 220. The van der Waals surface area contributed by atoms with Gasteiger partial charge in [-0.3, -0.25) is 0 Å². The molecule has 4 aromatic heterocycles. The van der Waals surface area contributed by atoms with Crippen molar-refractivity contribution in [3.8, 4) is 11.4 Å². The average molecular weight is 596 g/mol. The Morgan fingerprint density at radius 1 is 0.356 bits per heavy atom. The molecule has 0 atom stereocenters. The monoisotopic (exact) mass is 595 g/mol. The van der Waals surface area contributed by atoms with Gasteiger partial charge in [0.25, 0.3) is 0 Å². The molecular formula is C42H25N3. The molecule has 45 heavy (non-hydrogen) atoms. The van der Waals surface area contributed by atoms with Crippen molar-refractivity contribution in [2.24, 2.45) is 0 Å². The standard InChI is InChI=1S/C42H25N3/c1-2-12-26(13-3-1)43-36-20-10-6-16-30(36)40-38(43)22-23-39-41(40)31-17-7-11-21-37(31)44(39)27-24-32-28-14-4-8-18-34(28)45-35-19-9-5-15-29(35)33(25-27)42(32)45/h1-25H/i1D,2D,3D,4D,6D,7D,8D,9D,10D,11D,12D,13D,14D,15D,16D,17D,18D,19D,20D,21D,22D,23D,24D,25D. The smallest absolute Gasteiger partial charge is 0.0652 e. The summed E-state index contributed by atoms with van der Waals surface area (Å²) in [6.07, 6.45) is 0. The zero-order valence-corrected chi connectivity index (χ0v) is 22.4. The van der Waals surface area contributed by atoms with Gasteiger partial charge in [0, 0.05) is 54.5 Å². The highest BCUT2D eigenvalue weighted by molar-refractivity contribution is 6.29. The lowest BCUT2D eigenvalue weighted by Gasteiger charge is -2.10. The van der Waals surface area contributed by atoms with Crippen LogP contribution in [0.5, 0.6) is 0 Å². The maximum absolute atomic E-state index is 10.0. The average Bonchev–Trinajstić information content (AvgIpc) is 4.06. The van der Waals surface area contributed by atoms with Gasteiger partial charge in [-0.2, -0.15) is 0 Å². The van der Waals surface area contributed by atoms with E-state index in [1.165, 1.54) is 4.40 Å². The molecule has 0 saturated carbocycles. The summed E-state index contributed by atoms with van der Waals surface area (Å²) in [7, 11) is 0. The van der Waals surface area contributed by atoms with Crippen LogP contribution in [0.15, 0.2) is 151 Å². The van der Waals surface area contributed by atoms with E-state index in [4.69, 9.17) is 23.3 Å². The molecule has 11 aromatic rings. The Balaban J connectivity index is 1.51. The number of fused-ring (bicyclic) bond motifs is 13. The highest BCUT2D eigenvalue weighted by Gasteiger charge is 2.23. The summed E-state index contributed by atoms with van der Waals surface area (Å²) in [4.78, 5) is 0. The summed E-state index contributed by atoms with van der Waals surface area (Å²) in [6, 6.07) is -17.1. The SMILES string of the molecule is [2H]c1cc([2H])c2c3c([2H])c(-n4c5c([2H])c([2H])c([2H])c([2H])c5c5c6c7c([2H])c([2H])c([2H])c([2H])c7n(-c7c([2H])c([2H])c([2H])c([2H])c7[2H])c6c([2H])c([2H])c54)c([2H])c4c5c([2H])c([2H])c([2H])c([2H])c5n(c2c1[2H])c34. The van der Waals surface area contributed by atoms with Gasteiger partial charge in [0.1, 0.15) is 0 Å². The topological polar surface area (TPSA) is 14.3 Å². The number of para-hydroxylation sites is 5. The molecule has 0 spiro atoms. The highest BCUT2D eigenvalue weighted by atomic mass is 15.0. The molecule has 4 heterocycles. The third kappa shape index (κ3) is 2.86. The molecule has 0 aliphatic rings. The van der Waals surface area contributed by atoms with Gasteiger partial charge in [0.2, 0.25) is 0 Å². The van der Waals surface area contributed by atoms with Crippen LogP contribution >= 0.6 is 0 Å². The van der Waals surface area contributed by atoms with Gasteiger partial charge in [0.05, 0.1) is 71.5 Å². The number of aromatic nitrogens is 3. The second kappa shape index (κ2) is 8.31. The van der Waals surface area contributed by atoms with E-state index >= 15 is 0 Å². The minimum absolute atomic E-state index is 0.117. The number of nitrogens with zero attached hydrogens (tertiary/aromatic N) is 3. The van der Waals surface area contributed by atoms with E-state index in [0.29, 0.717) is 0 Å². The van der Waals surface area contributed by atoms with Crippen LogP contribution in [0, 0.1) is 0 Å². The zero-order valence-electron chi connectivity index (χ0n) is 46.4. The molecule has 0 radical (unpaired) electrons. The number of hydrogen-bond acceptors (Lipinski definition) is 0. The predicted molar refractivity (Wildman–Crippen MR) is 190 cm³/mol. The molecule has 3 heteroatoms. The van der Waals surface area contributed by atoms with Crippen molar-refractivity contribution in [3.63, 3.8) is 0 Å². The summed E-state index contributed by atoms with van der Waals surface area (Å²) in [5, 5.41) is -2.67. The molecule has 208 valence electrons. The third-order valence-corrected chi connectivity index (χ3v) is 8.20. The Bertz CT molecular complexity index is 4320. The van der Waals surface area contributed by atoms with Crippen LogP contribution < -0.4 is 0 Å². The summed E-state index contributed by atoms with van der Waals surface area (Å²) in [6.45, 7) is 0. The van der Waals surface area contributed by atoms with Gasteiger partial charge >= 0.3 is 0 Å². The molecule has 0 aliphatic carbocycles. The van der Waals surface area contributed by atoms with Crippen LogP contribution in [0.4, 0.5) is 0 Å². The Hall–Kier alpha value is -6.06. The maximum atomic E-state index is 10.0. The third-order valence-electron chi connectivity index (χ3n) is 8.20. The summed E-state index contributed by atoms with van der Waals surface area (Å²) >= 11 is 0. The molecule has 0 bridgehead atoms. The van der Waals surface area contributed by atoms with Crippen LogP contribution in [0.3, 0.4) is 0 Å². The van der Waals surface area contributed by atoms with E-state index < -0.39 is 200 Å². The molecule has 0 aliphatic heterocycles. The lowest BCUT2D eigenvalue weighted by Crippen LogP contribution is -1.95. The van der Waals surface area contributed by atoms with Gasteiger partial charge in [-0.05, 0) is 60.4 Å². The fourth-order valence-electron chi connectivity index (χ4n) is 6.54. The lowest BCUT2D eigenvalue weighted by molar-refractivity contribution is 1.17. The second-order valence-corrected chi connectivity index (χ2v) is 10.3. The molecule has 0 amide bonds. The van der Waals surface area contributed by atoms with Crippen LogP contribution in [0.2, 0.25) is 0 Å². The number of hydrogen-bond donors (Lipinski definition) is 0. The van der Waals surface area contributed by atoms with Crippen molar-refractivity contribution in [2.75, 3.05) is 0 Å². The van der Waals surface area contributed by atoms with Gasteiger partial charge in [-0.25, -0.2) is 0 Å². The van der Waals surface area contributed by atoms with Gasteiger partial charge < -0.3 is 13.5 Å². The first-order chi connectivity index (χ1) is 32.3. The Morgan fingerprint density at radius 2 is 0.844 bits per heavy atom. The Morgan fingerprint density at radius 3 is 1.49 bits per heavy atom. The first-order valence-corrected chi connectivity index (χ1v) is 13.6. The highest BCUT2D eigenvalue weighted by Crippen LogP contribution is 2.45. The van der Waals surface area contributed by atoms with Crippen molar-refractivity contribution >= 4 is 81.7 Å². The van der Waals surface area contributed by atoms with Crippen LogP contribution in [0.1, 0.15) is 32.9 Å². The van der Waals surface area contributed by atoms with E-state index in [1.807, 2.05) is 0 Å². The Labute approximate surface area is 291 Å². The molecule has 0 fully saturated rings. The van der Waals surface area contributed by atoms with E-state index in [9.17, 15) is 9.60 Å². The van der Waals surface area contributed by atoms with E-state index in [2.05, 4.69) is 0 Å². The molecule has 7 aromatic carbocycles. The minimum Gasteiger partial charge on any atom is -0.309 e. The molecule has 0 unspecified atom stereocenters. The van der Waals surface area contributed by atoms with E-state index in [1.54, 1.807) is 0 Å². The first-order valence-electron chi connectivity index (χ1n) is 25.6. The Kier molecular flexibility index (Phi) is 1.95. The van der Waals surface area contributed by atoms with Crippen LogP contribution in [0.25, 0.3) is 93.1 Å². The van der Waals surface area contributed by atoms with E-state index in [0.717, 1.165) is 15.2 Å². The fraction of sp³-hybridized carbons (Fsp3) is 0. The molecular weight excluding hydrogens is 546 g/mol. The number of rotatable bonds is 2. The van der Waals surface area contributed by atoms with E-state index in [-0.39, 0.29) is 38.1 Å². The first kappa shape index (κ1) is 10.5. The largest absolute Gasteiger partial charge is 0.309 e. The van der Waals surface area contributed by atoms with Crippen molar-refractivity contribution in [1.82, 2.24) is 13.5 Å². The van der Waals surface area contributed by atoms with Crippen molar-refractivity contribution in [1.29, 1.82) is 0 Å². The summed E-state index contributed by atoms with van der Waals surface area (Å²) in [5.41, 5.74) is -4.03.